The second-order valence-electron chi connectivity index (χ2n) is 4.66. The molecule has 0 saturated carbocycles. The van der Waals surface area contributed by atoms with Crippen molar-refractivity contribution < 1.29 is 9.50 Å². The predicted molar refractivity (Wildman–Crippen MR) is 67.9 cm³/mol. The number of aliphatic hydroxyl groups excluding tert-OH is 1. The van der Waals surface area contributed by atoms with Crippen molar-refractivity contribution in [3.05, 3.63) is 29.6 Å². The first-order valence-electron chi connectivity index (χ1n) is 6.45. The average Bonchev–Trinajstić information content (AvgIpc) is 2.37. The van der Waals surface area contributed by atoms with Gasteiger partial charge in [0.1, 0.15) is 5.82 Å². The zero-order valence-corrected chi connectivity index (χ0v) is 10.2. The van der Waals surface area contributed by atoms with E-state index in [2.05, 4.69) is 4.90 Å². The molecule has 0 unspecified atom stereocenters. The molecule has 1 saturated heterocycles. The Morgan fingerprint density at radius 2 is 1.94 bits per heavy atom. The van der Waals surface area contributed by atoms with Gasteiger partial charge in [-0.2, -0.15) is 0 Å². The average molecular weight is 237 g/mol. The molecule has 0 spiro atoms. The minimum atomic E-state index is -0.123. The van der Waals surface area contributed by atoms with Crippen LogP contribution in [-0.2, 0) is 6.42 Å². The summed E-state index contributed by atoms with van der Waals surface area (Å²) in [6.07, 6.45) is 5.01. The van der Waals surface area contributed by atoms with E-state index in [9.17, 15) is 4.39 Å². The van der Waals surface area contributed by atoms with E-state index in [1.54, 1.807) is 6.07 Å². The summed E-state index contributed by atoms with van der Waals surface area (Å²) in [6, 6.07) is 5.47. The highest BCUT2D eigenvalue weighted by Crippen LogP contribution is 2.24. The Hall–Kier alpha value is -1.09. The van der Waals surface area contributed by atoms with Crippen molar-refractivity contribution in [1.82, 2.24) is 0 Å². The third kappa shape index (κ3) is 3.19. The number of aryl methyl sites for hydroxylation is 1. The molecule has 0 amide bonds. The van der Waals surface area contributed by atoms with Crippen LogP contribution in [0, 0.1) is 5.82 Å². The lowest BCUT2D eigenvalue weighted by Crippen LogP contribution is -2.30. The second-order valence-corrected chi connectivity index (χ2v) is 4.66. The normalized spacial score (nSPS) is 16.2. The Bertz CT molecular complexity index is 361. The van der Waals surface area contributed by atoms with Crippen LogP contribution in [0.3, 0.4) is 0 Å². The Morgan fingerprint density at radius 3 is 2.59 bits per heavy atom. The largest absolute Gasteiger partial charge is 0.396 e. The molecule has 94 valence electrons. The van der Waals surface area contributed by atoms with Gasteiger partial charge in [-0.3, -0.25) is 0 Å². The van der Waals surface area contributed by atoms with Crippen LogP contribution >= 0.6 is 0 Å². The summed E-state index contributed by atoms with van der Waals surface area (Å²) in [7, 11) is 0. The van der Waals surface area contributed by atoms with E-state index in [0.717, 1.165) is 43.6 Å². The van der Waals surface area contributed by atoms with Crippen molar-refractivity contribution in [2.24, 2.45) is 0 Å². The molecule has 0 radical (unpaired) electrons. The maximum absolute atomic E-state index is 14.0. The van der Waals surface area contributed by atoms with Crippen molar-refractivity contribution >= 4 is 5.69 Å². The molecule has 3 heteroatoms. The number of rotatable bonds is 4. The van der Waals surface area contributed by atoms with E-state index >= 15 is 0 Å². The molecule has 1 aliphatic heterocycles. The first-order chi connectivity index (χ1) is 8.31. The minimum Gasteiger partial charge on any atom is -0.396 e. The minimum absolute atomic E-state index is 0.123. The molecular weight excluding hydrogens is 217 g/mol. The van der Waals surface area contributed by atoms with Crippen molar-refractivity contribution in [1.29, 1.82) is 0 Å². The molecule has 0 aliphatic carbocycles. The van der Waals surface area contributed by atoms with E-state index in [1.807, 2.05) is 12.1 Å². The van der Waals surface area contributed by atoms with E-state index in [4.69, 9.17) is 5.11 Å². The number of hydrogen-bond acceptors (Lipinski definition) is 2. The summed E-state index contributed by atoms with van der Waals surface area (Å²) in [5, 5.41) is 8.75. The molecule has 1 aromatic carbocycles. The fourth-order valence-electron chi connectivity index (χ4n) is 2.38. The van der Waals surface area contributed by atoms with E-state index in [1.165, 1.54) is 6.42 Å². The van der Waals surface area contributed by atoms with Gasteiger partial charge in [-0.25, -0.2) is 4.39 Å². The van der Waals surface area contributed by atoms with Gasteiger partial charge >= 0.3 is 0 Å². The fraction of sp³-hybridized carbons (Fsp3) is 0.571. The van der Waals surface area contributed by atoms with Crippen LogP contribution in [0.5, 0.6) is 0 Å². The number of hydrogen-bond donors (Lipinski definition) is 1. The molecule has 1 heterocycles. The van der Waals surface area contributed by atoms with Crippen LogP contribution in [0.25, 0.3) is 0 Å². The fourth-order valence-corrected chi connectivity index (χ4v) is 2.38. The summed E-state index contributed by atoms with van der Waals surface area (Å²) in [4.78, 5) is 2.13. The lowest BCUT2D eigenvalue weighted by Gasteiger charge is -2.29. The van der Waals surface area contributed by atoms with Crippen molar-refractivity contribution in [3.63, 3.8) is 0 Å². The van der Waals surface area contributed by atoms with Crippen molar-refractivity contribution in [3.8, 4) is 0 Å². The number of anilines is 1. The second kappa shape index (κ2) is 6.01. The van der Waals surface area contributed by atoms with Crippen LogP contribution in [0.4, 0.5) is 10.1 Å². The van der Waals surface area contributed by atoms with Crippen LogP contribution in [0.1, 0.15) is 31.2 Å². The van der Waals surface area contributed by atoms with Crippen LogP contribution < -0.4 is 4.90 Å². The predicted octanol–water partition coefficient (Wildman–Crippen LogP) is 2.74. The van der Waals surface area contributed by atoms with Crippen LogP contribution in [0.2, 0.25) is 0 Å². The van der Waals surface area contributed by atoms with Gasteiger partial charge in [-0.1, -0.05) is 6.07 Å². The Labute approximate surface area is 102 Å². The number of halogens is 1. The van der Waals surface area contributed by atoms with Crippen molar-refractivity contribution in [2.45, 2.75) is 32.1 Å². The van der Waals surface area contributed by atoms with Gasteiger partial charge in [0.2, 0.25) is 0 Å². The first-order valence-corrected chi connectivity index (χ1v) is 6.45. The topological polar surface area (TPSA) is 23.5 Å². The molecule has 2 rings (SSSR count). The Kier molecular flexibility index (Phi) is 4.37. The number of nitrogens with zero attached hydrogens (tertiary/aromatic N) is 1. The molecular formula is C14H20FNO. The monoisotopic (exact) mass is 237 g/mol. The maximum Gasteiger partial charge on any atom is 0.146 e. The number of benzene rings is 1. The molecule has 0 atom stereocenters. The third-order valence-electron chi connectivity index (χ3n) is 3.33. The van der Waals surface area contributed by atoms with E-state index < -0.39 is 0 Å². The molecule has 17 heavy (non-hydrogen) atoms. The van der Waals surface area contributed by atoms with Gasteiger partial charge < -0.3 is 10.0 Å². The Morgan fingerprint density at radius 1 is 1.18 bits per heavy atom. The van der Waals surface area contributed by atoms with Crippen molar-refractivity contribution in [2.75, 3.05) is 24.6 Å². The lowest BCUT2D eigenvalue weighted by molar-refractivity contribution is 0.288. The van der Waals surface area contributed by atoms with E-state index in [-0.39, 0.29) is 12.4 Å². The zero-order valence-electron chi connectivity index (χ0n) is 10.2. The van der Waals surface area contributed by atoms with Gasteiger partial charge in [0.25, 0.3) is 0 Å². The van der Waals surface area contributed by atoms with Gasteiger partial charge in [0, 0.05) is 19.7 Å². The molecule has 1 aliphatic rings. The maximum atomic E-state index is 14.0. The molecule has 0 bridgehead atoms. The number of piperidine rings is 1. The molecule has 1 N–H and O–H groups in total. The van der Waals surface area contributed by atoms with Gasteiger partial charge in [-0.15, -0.1) is 0 Å². The van der Waals surface area contributed by atoms with Gasteiger partial charge in [0.05, 0.1) is 5.69 Å². The SMILES string of the molecule is OCCCc1ccc(N2CCCCC2)c(F)c1. The highest BCUT2D eigenvalue weighted by molar-refractivity contribution is 5.49. The molecule has 1 fully saturated rings. The summed E-state index contributed by atoms with van der Waals surface area (Å²) >= 11 is 0. The molecule has 0 aromatic heterocycles. The third-order valence-corrected chi connectivity index (χ3v) is 3.33. The highest BCUT2D eigenvalue weighted by Gasteiger charge is 2.14. The summed E-state index contributed by atoms with van der Waals surface area (Å²) < 4.78 is 14.0. The van der Waals surface area contributed by atoms with Crippen LogP contribution in [0.15, 0.2) is 18.2 Å². The number of aliphatic hydroxyl groups is 1. The first kappa shape index (κ1) is 12.4. The Balaban J connectivity index is 2.07. The smallest absolute Gasteiger partial charge is 0.146 e. The molecule has 2 nitrogen and oxygen atoms in total. The summed E-state index contributed by atoms with van der Waals surface area (Å²) in [5.41, 5.74) is 1.70. The quantitative estimate of drug-likeness (QED) is 0.870. The van der Waals surface area contributed by atoms with Gasteiger partial charge in [-0.05, 0) is 49.8 Å². The summed E-state index contributed by atoms with van der Waals surface area (Å²) in [5.74, 6) is -0.123. The van der Waals surface area contributed by atoms with E-state index in [0.29, 0.717) is 6.42 Å². The van der Waals surface area contributed by atoms with Gasteiger partial charge in [0.15, 0.2) is 0 Å². The van der Waals surface area contributed by atoms with Crippen LogP contribution in [-0.4, -0.2) is 24.8 Å². The zero-order chi connectivity index (χ0) is 12.1. The summed E-state index contributed by atoms with van der Waals surface area (Å²) in [6.45, 7) is 2.09. The molecule has 1 aromatic rings. The highest BCUT2D eigenvalue weighted by atomic mass is 19.1. The lowest BCUT2D eigenvalue weighted by atomic mass is 10.1. The standard InChI is InChI=1S/C14H20FNO/c15-13-11-12(5-4-10-17)6-7-14(13)16-8-2-1-3-9-16/h6-7,11,17H,1-5,8-10H2.